The highest BCUT2D eigenvalue weighted by atomic mass is 19.1. The topological polar surface area (TPSA) is 92.0 Å². The highest BCUT2D eigenvalue weighted by molar-refractivity contribution is 5.61. The summed E-state index contributed by atoms with van der Waals surface area (Å²) < 4.78 is 18.7. The van der Waals surface area contributed by atoms with Crippen molar-refractivity contribution in [1.82, 2.24) is 9.88 Å². The first-order valence-electron chi connectivity index (χ1n) is 6.97. The lowest BCUT2D eigenvalue weighted by molar-refractivity contribution is -0.387. The van der Waals surface area contributed by atoms with E-state index in [1.807, 2.05) is 0 Å². The predicted molar refractivity (Wildman–Crippen MR) is 77.4 cm³/mol. The maximum absolute atomic E-state index is 13.5. The Morgan fingerprint density at radius 3 is 2.91 bits per heavy atom. The number of nitrogens with zero attached hydrogens (tertiary/aromatic N) is 4. The van der Waals surface area contributed by atoms with Crippen molar-refractivity contribution in [3.8, 4) is 0 Å². The number of β-amino-alcohol motifs (C(OH)–C–C–N with tert-alkyl or cyclic N) is 1. The third kappa shape index (κ3) is 4.09. The summed E-state index contributed by atoms with van der Waals surface area (Å²) >= 11 is 0. The molecule has 8 nitrogen and oxygen atoms in total. The van der Waals surface area contributed by atoms with Gasteiger partial charge < -0.3 is 14.7 Å². The summed E-state index contributed by atoms with van der Waals surface area (Å²) in [7, 11) is 1.57. The van der Waals surface area contributed by atoms with E-state index in [0.29, 0.717) is 19.8 Å². The molecule has 0 saturated carbocycles. The molecule has 1 aromatic rings. The number of aromatic nitrogens is 1. The van der Waals surface area contributed by atoms with Crippen molar-refractivity contribution >= 4 is 11.4 Å². The van der Waals surface area contributed by atoms with Crippen LogP contribution in [0.4, 0.5) is 15.8 Å². The zero-order valence-electron chi connectivity index (χ0n) is 12.3. The van der Waals surface area contributed by atoms with E-state index in [1.165, 1.54) is 17.2 Å². The molecule has 1 N–H and O–H groups in total. The average Bonchev–Trinajstić information content (AvgIpc) is 2.47. The standard InChI is InChI=1S/C13H19FN4O4/c1-16(8-10(19)9-17-4-6-22-7-5-17)11-2-3-15-13(14)12(11)18(20)21/h2-3,10,19H,4-9H2,1H3. The molecule has 2 rings (SSSR count). The molecule has 1 fully saturated rings. The fraction of sp³-hybridized carbons (Fsp3) is 0.615. The second-order valence-electron chi connectivity index (χ2n) is 5.17. The van der Waals surface area contributed by atoms with E-state index < -0.39 is 22.7 Å². The molecule has 122 valence electrons. The van der Waals surface area contributed by atoms with E-state index in [1.54, 1.807) is 7.05 Å². The van der Waals surface area contributed by atoms with E-state index >= 15 is 0 Å². The number of rotatable bonds is 6. The molecule has 1 aliphatic rings. The highest BCUT2D eigenvalue weighted by Crippen LogP contribution is 2.28. The lowest BCUT2D eigenvalue weighted by Gasteiger charge is -2.30. The largest absolute Gasteiger partial charge is 0.390 e. The number of halogens is 1. The van der Waals surface area contributed by atoms with Gasteiger partial charge in [0.25, 0.3) is 5.95 Å². The van der Waals surface area contributed by atoms with E-state index in [0.717, 1.165) is 13.1 Å². The van der Waals surface area contributed by atoms with Crippen molar-refractivity contribution in [1.29, 1.82) is 0 Å². The minimum Gasteiger partial charge on any atom is -0.390 e. The first-order chi connectivity index (χ1) is 10.5. The van der Waals surface area contributed by atoms with Gasteiger partial charge in [0.15, 0.2) is 0 Å². The molecule has 0 radical (unpaired) electrons. The Bertz CT molecular complexity index is 525. The number of likely N-dealkylation sites (N-methyl/N-ethyl adjacent to an activating group) is 1. The molecule has 1 aliphatic heterocycles. The Morgan fingerprint density at radius 1 is 1.59 bits per heavy atom. The fourth-order valence-electron chi connectivity index (χ4n) is 2.45. The molecular formula is C13H19FN4O4. The second-order valence-corrected chi connectivity index (χ2v) is 5.17. The van der Waals surface area contributed by atoms with Gasteiger partial charge in [-0.15, -0.1) is 0 Å². The van der Waals surface area contributed by atoms with Crippen molar-refractivity contribution in [2.75, 3.05) is 51.3 Å². The number of aliphatic hydroxyl groups is 1. The number of hydrogen-bond acceptors (Lipinski definition) is 7. The summed E-state index contributed by atoms with van der Waals surface area (Å²) in [4.78, 5) is 17.0. The number of ether oxygens (including phenoxy) is 1. The minimum absolute atomic E-state index is 0.0959. The first kappa shape index (κ1) is 16.5. The maximum atomic E-state index is 13.5. The summed E-state index contributed by atoms with van der Waals surface area (Å²) in [6.07, 6.45) is 0.460. The summed E-state index contributed by atoms with van der Waals surface area (Å²) in [5, 5.41) is 21.1. The first-order valence-corrected chi connectivity index (χ1v) is 6.97. The number of morpholine rings is 1. The Kier molecular flexibility index (Phi) is 5.58. The molecule has 0 aromatic carbocycles. The molecule has 1 unspecified atom stereocenters. The number of aliphatic hydroxyl groups excluding tert-OH is 1. The Hall–Kier alpha value is -1.84. The van der Waals surface area contributed by atoms with E-state index in [2.05, 4.69) is 9.88 Å². The van der Waals surface area contributed by atoms with Gasteiger partial charge in [-0.1, -0.05) is 0 Å². The van der Waals surface area contributed by atoms with Crippen molar-refractivity contribution in [2.45, 2.75) is 6.10 Å². The zero-order chi connectivity index (χ0) is 16.1. The molecule has 0 spiro atoms. The SMILES string of the molecule is CN(CC(O)CN1CCOCC1)c1ccnc(F)c1[N+](=O)[O-]. The van der Waals surface area contributed by atoms with Gasteiger partial charge in [0, 0.05) is 39.4 Å². The molecule has 1 saturated heterocycles. The van der Waals surface area contributed by atoms with Crippen LogP contribution >= 0.6 is 0 Å². The normalized spacial score (nSPS) is 17.2. The van der Waals surface area contributed by atoms with Crippen LogP contribution in [0.5, 0.6) is 0 Å². The molecule has 0 aliphatic carbocycles. The Morgan fingerprint density at radius 2 is 2.27 bits per heavy atom. The van der Waals surface area contributed by atoms with Gasteiger partial charge in [0.2, 0.25) is 0 Å². The van der Waals surface area contributed by atoms with Crippen LogP contribution in [-0.4, -0.2) is 72.5 Å². The minimum atomic E-state index is -1.13. The molecule has 22 heavy (non-hydrogen) atoms. The number of hydrogen-bond donors (Lipinski definition) is 1. The molecule has 9 heteroatoms. The highest BCUT2D eigenvalue weighted by Gasteiger charge is 2.25. The van der Waals surface area contributed by atoms with Gasteiger partial charge in [0.05, 0.1) is 24.2 Å². The monoisotopic (exact) mass is 314 g/mol. The lowest BCUT2D eigenvalue weighted by Crippen LogP contribution is -2.44. The van der Waals surface area contributed by atoms with Crippen LogP contribution in [0.25, 0.3) is 0 Å². The molecular weight excluding hydrogens is 295 g/mol. The molecule has 1 aromatic heterocycles. The Balaban J connectivity index is 2.00. The summed E-state index contributed by atoms with van der Waals surface area (Å²) in [5.74, 6) is -1.13. The molecule has 0 bridgehead atoms. The third-order valence-corrected chi connectivity index (χ3v) is 3.51. The van der Waals surface area contributed by atoms with E-state index in [9.17, 15) is 19.6 Å². The third-order valence-electron chi connectivity index (χ3n) is 3.51. The second kappa shape index (κ2) is 7.43. The van der Waals surface area contributed by atoms with Crippen LogP contribution in [0.15, 0.2) is 12.3 Å². The van der Waals surface area contributed by atoms with Crippen molar-refractivity contribution < 1.29 is 19.2 Å². The number of anilines is 1. The summed E-state index contributed by atoms with van der Waals surface area (Å²) in [6.45, 7) is 3.33. The average molecular weight is 314 g/mol. The van der Waals surface area contributed by atoms with Crippen molar-refractivity contribution in [2.24, 2.45) is 0 Å². The van der Waals surface area contributed by atoms with Gasteiger partial charge in [-0.05, 0) is 6.07 Å². The van der Waals surface area contributed by atoms with Crippen LogP contribution in [0.1, 0.15) is 0 Å². The zero-order valence-corrected chi connectivity index (χ0v) is 12.3. The number of nitro groups is 1. The quantitative estimate of drug-likeness (QED) is 0.457. The van der Waals surface area contributed by atoms with Crippen LogP contribution in [0.2, 0.25) is 0 Å². The van der Waals surface area contributed by atoms with Gasteiger partial charge in [0.1, 0.15) is 5.69 Å². The molecule has 1 atom stereocenters. The van der Waals surface area contributed by atoms with E-state index in [4.69, 9.17) is 4.74 Å². The van der Waals surface area contributed by atoms with Crippen LogP contribution in [0.3, 0.4) is 0 Å². The lowest BCUT2D eigenvalue weighted by atomic mass is 10.2. The Labute approximate surface area is 127 Å². The van der Waals surface area contributed by atoms with E-state index in [-0.39, 0.29) is 12.2 Å². The molecule has 2 heterocycles. The van der Waals surface area contributed by atoms with Crippen molar-refractivity contribution in [3.63, 3.8) is 0 Å². The van der Waals surface area contributed by atoms with Crippen LogP contribution in [0, 0.1) is 16.1 Å². The van der Waals surface area contributed by atoms with Gasteiger partial charge in [-0.2, -0.15) is 4.39 Å². The van der Waals surface area contributed by atoms with Crippen LogP contribution in [-0.2, 0) is 4.74 Å². The van der Waals surface area contributed by atoms with Gasteiger partial charge >= 0.3 is 5.69 Å². The molecule has 0 amide bonds. The van der Waals surface area contributed by atoms with Gasteiger partial charge in [-0.3, -0.25) is 15.0 Å². The fourth-order valence-corrected chi connectivity index (χ4v) is 2.45. The van der Waals surface area contributed by atoms with Crippen LogP contribution < -0.4 is 4.90 Å². The summed E-state index contributed by atoms with van der Waals surface area (Å²) in [5.41, 5.74) is -0.581. The number of pyridine rings is 1. The summed E-state index contributed by atoms with van der Waals surface area (Å²) in [6, 6.07) is 1.36. The smallest absolute Gasteiger partial charge is 0.346 e. The maximum Gasteiger partial charge on any atom is 0.346 e. The predicted octanol–water partition coefficient (Wildman–Crippen LogP) is 0.258. The van der Waals surface area contributed by atoms with Crippen molar-refractivity contribution in [3.05, 3.63) is 28.3 Å². The van der Waals surface area contributed by atoms with Gasteiger partial charge in [-0.25, -0.2) is 4.98 Å².